The zero-order valence-electron chi connectivity index (χ0n) is 14.1. The summed E-state index contributed by atoms with van der Waals surface area (Å²) in [6.45, 7) is 3.00. The van der Waals surface area contributed by atoms with Gasteiger partial charge in [-0.05, 0) is 35.2 Å². The smallest absolute Gasteiger partial charge is 0.0459 e. The number of carboxylic acids is 1. The number of H-pyrrole nitrogens is 1. The number of carbonyl (C=O) groups excluding carboxylic acids is 1. The van der Waals surface area contributed by atoms with Crippen LogP contribution < -0.4 is 5.11 Å². The van der Waals surface area contributed by atoms with Crippen LogP contribution in [0.4, 0.5) is 0 Å². The van der Waals surface area contributed by atoms with Crippen molar-refractivity contribution in [3.8, 4) is 0 Å². The van der Waals surface area contributed by atoms with E-state index in [4.69, 9.17) is 0 Å². The molecule has 4 heteroatoms. The molecule has 25 heavy (non-hydrogen) atoms. The number of rotatable bonds is 5. The maximum Gasteiger partial charge on any atom is 0.0459 e. The van der Waals surface area contributed by atoms with Crippen LogP contribution in [0.1, 0.15) is 22.4 Å². The summed E-state index contributed by atoms with van der Waals surface area (Å²) in [5, 5.41) is 12.0. The van der Waals surface area contributed by atoms with Gasteiger partial charge in [-0.3, -0.25) is 4.90 Å². The Morgan fingerprint density at radius 1 is 1.12 bits per heavy atom. The Morgan fingerprint density at radius 3 is 2.76 bits per heavy atom. The number of aliphatic carboxylic acids is 1. The van der Waals surface area contributed by atoms with E-state index < -0.39 is 5.97 Å². The SMILES string of the molecule is O=C([O-])Cc1ccc2[nH]c3c(c2c1)CN(CCc1ccccc1)CC3. The van der Waals surface area contributed by atoms with E-state index in [9.17, 15) is 9.90 Å². The number of benzene rings is 2. The molecule has 2 aromatic carbocycles. The Labute approximate surface area is 147 Å². The second-order valence-corrected chi connectivity index (χ2v) is 6.77. The second-order valence-electron chi connectivity index (χ2n) is 6.77. The van der Waals surface area contributed by atoms with Crippen LogP contribution in [0.5, 0.6) is 0 Å². The molecule has 0 radical (unpaired) electrons. The number of hydrogen-bond donors (Lipinski definition) is 1. The van der Waals surface area contributed by atoms with Crippen LogP contribution in [0.2, 0.25) is 0 Å². The summed E-state index contributed by atoms with van der Waals surface area (Å²) in [7, 11) is 0. The standard InChI is InChI=1S/C21H22N2O2/c24-21(25)13-16-6-7-19-17(12-16)18-14-23(11-9-20(18)22-19)10-8-15-4-2-1-3-5-15/h1-7,12,22H,8-11,13-14H2,(H,24,25)/p-1. The highest BCUT2D eigenvalue weighted by molar-refractivity contribution is 5.86. The number of nitrogens with zero attached hydrogens (tertiary/aromatic N) is 1. The largest absolute Gasteiger partial charge is 0.550 e. The average Bonchev–Trinajstić information content (AvgIpc) is 2.98. The topological polar surface area (TPSA) is 59.2 Å². The molecular weight excluding hydrogens is 312 g/mol. The summed E-state index contributed by atoms with van der Waals surface area (Å²) >= 11 is 0. The lowest BCUT2D eigenvalue weighted by atomic mass is 10.0. The first-order valence-corrected chi connectivity index (χ1v) is 8.77. The van der Waals surface area contributed by atoms with E-state index >= 15 is 0 Å². The molecule has 1 aliphatic heterocycles. The third kappa shape index (κ3) is 3.44. The van der Waals surface area contributed by atoms with Crippen LogP contribution >= 0.6 is 0 Å². The molecule has 0 aliphatic carbocycles. The number of hydrogen-bond acceptors (Lipinski definition) is 3. The Kier molecular flexibility index (Phi) is 4.28. The molecule has 0 saturated carbocycles. The molecule has 3 aromatic rings. The van der Waals surface area contributed by atoms with Gasteiger partial charge in [0.1, 0.15) is 0 Å². The van der Waals surface area contributed by atoms with Crippen molar-refractivity contribution in [3.63, 3.8) is 0 Å². The Bertz CT molecular complexity index is 899. The summed E-state index contributed by atoms with van der Waals surface area (Å²) in [5.74, 6) is -1.03. The summed E-state index contributed by atoms with van der Waals surface area (Å²) in [6.07, 6.45) is 2.02. The first-order chi connectivity index (χ1) is 12.2. The van der Waals surface area contributed by atoms with Crippen molar-refractivity contribution in [2.75, 3.05) is 13.1 Å². The lowest BCUT2D eigenvalue weighted by Crippen LogP contribution is -2.32. The van der Waals surface area contributed by atoms with Gasteiger partial charge < -0.3 is 14.9 Å². The van der Waals surface area contributed by atoms with E-state index in [0.29, 0.717) is 0 Å². The molecule has 0 unspecified atom stereocenters. The monoisotopic (exact) mass is 333 g/mol. The van der Waals surface area contributed by atoms with Gasteiger partial charge in [-0.15, -0.1) is 0 Å². The van der Waals surface area contributed by atoms with Crippen LogP contribution in [0.25, 0.3) is 10.9 Å². The van der Waals surface area contributed by atoms with Gasteiger partial charge in [-0.2, -0.15) is 0 Å². The molecule has 0 bridgehead atoms. The summed E-state index contributed by atoms with van der Waals surface area (Å²) in [6, 6.07) is 16.4. The Hall–Kier alpha value is -2.59. The zero-order valence-corrected chi connectivity index (χ0v) is 14.1. The maximum atomic E-state index is 10.9. The minimum atomic E-state index is -1.03. The first kappa shape index (κ1) is 15.9. The molecule has 4 rings (SSSR count). The fourth-order valence-electron chi connectivity index (χ4n) is 3.72. The molecule has 1 N–H and O–H groups in total. The van der Waals surface area contributed by atoms with Crippen molar-refractivity contribution in [2.45, 2.75) is 25.8 Å². The number of carbonyl (C=O) groups is 1. The van der Waals surface area contributed by atoms with E-state index in [0.717, 1.165) is 48.9 Å². The van der Waals surface area contributed by atoms with Crippen LogP contribution in [-0.2, 0) is 30.6 Å². The van der Waals surface area contributed by atoms with E-state index in [-0.39, 0.29) is 6.42 Å². The van der Waals surface area contributed by atoms with E-state index in [2.05, 4.69) is 34.1 Å². The molecule has 2 heterocycles. The van der Waals surface area contributed by atoms with Gasteiger partial charge in [0, 0.05) is 55.0 Å². The van der Waals surface area contributed by atoms with Gasteiger partial charge in [0.25, 0.3) is 0 Å². The molecule has 128 valence electrons. The van der Waals surface area contributed by atoms with Crippen LogP contribution in [0, 0.1) is 0 Å². The molecule has 0 saturated heterocycles. The third-order valence-corrected chi connectivity index (χ3v) is 5.03. The normalized spacial score (nSPS) is 14.6. The predicted octanol–water partition coefficient (Wildman–Crippen LogP) is 2.06. The number of carboxylic acid groups (broad SMARTS) is 1. The molecule has 0 spiro atoms. The lowest BCUT2D eigenvalue weighted by molar-refractivity contribution is -0.304. The maximum absolute atomic E-state index is 10.9. The lowest BCUT2D eigenvalue weighted by Gasteiger charge is -2.27. The van der Waals surface area contributed by atoms with Crippen molar-refractivity contribution in [2.24, 2.45) is 0 Å². The molecule has 1 aromatic heterocycles. The Balaban J connectivity index is 1.53. The summed E-state index contributed by atoms with van der Waals surface area (Å²) < 4.78 is 0. The van der Waals surface area contributed by atoms with E-state index in [1.54, 1.807) is 0 Å². The molecule has 1 aliphatic rings. The van der Waals surface area contributed by atoms with Crippen molar-refractivity contribution >= 4 is 16.9 Å². The third-order valence-electron chi connectivity index (χ3n) is 5.03. The van der Waals surface area contributed by atoms with Crippen molar-refractivity contribution in [1.29, 1.82) is 0 Å². The predicted molar refractivity (Wildman–Crippen MR) is 96.1 cm³/mol. The Morgan fingerprint density at radius 2 is 1.96 bits per heavy atom. The van der Waals surface area contributed by atoms with Crippen molar-refractivity contribution in [1.82, 2.24) is 9.88 Å². The molecule has 4 nitrogen and oxygen atoms in total. The second kappa shape index (κ2) is 6.73. The average molecular weight is 333 g/mol. The first-order valence-electron chi connectivity index (χ1n) is 8.77. The van der Waals surface area contributed by atoms with E-state index in [1.165, 1.54) is 16.8 Å². The van der Waals surface area contributed by atoms with Crippen LogP contribution in [-0.4, -0.2) is 28.9 Å². The minimum absolute atomic E-state index is 0.0341. The minimum Gasteiger partial charge on any atom is -0.550 e. The molecule has 0 amide bonds. The van der Waals surface area contributed by atoms with Gasteiger partial charge in [0.05, 0.1) is 0 Å². The van der Waals surface area contributed by atoms with E-state index in [1.807, 2.05) is 24.3 Å². The highest BCUT2D eigenvalue weighted by Crippen LogP contribution is 2.28. The number of aromatic amines is 1. The molecule has 0 atom stereocenters. The fraction of sp³-hybridized carbons (Fsp3) is 0.286. The number of nitrogens with one attached hydrogen (secondary N) is 1. The highest BCUT2D eigenvalue weighted by atomic mass is 16.4. The molecular formula is C21H21N2O2-. The number of fused-ring (bicyclic) bond motifs is 3. The quantitative estimate of drug-likeness (QED) is 0.777. The van der Waals surface area contributed by atoms with Crippen molar-refractivity contribution in [3.05, 3.63) is 70.9 Å². The summed E-state index contributed by atoms with van der Waals surface area (Å²) in [5.41, 5.74) is 5.86. The van der Waals surface area contributed by atoms with Gasteiger partial charge in [0.15, 0.2) is 0 Å². The van der Waals surface area contributed by atoms with Gasteiger partial charge >= 0.3 is 0 Å². The van der Waals surface area contributed by atoms with Crippen LogP contribution in [0.15, 0.2) is 48.5 Å². The van der Waals surface area contributed by atoms with Gasteiger partial charge in [0.2, 0.25) is 0 Å². The number of aromatic nitrogens is 1. The fourth-order valence-corrected chi connectivity index (χ4v) is 3.72. The summed E-state index contributed by atoms with van der Waals surface area (Å²) in [4.78, 5) is 16.9. The van der Waals surface area contributed by atoms with Crippen molar-refractivity contribution < 1.29 is 9.90 Å². The highest BCUT2D eigenvalue weighted by Gasteiger charge is 2.20. The molecule has 0 fully saturated rings. The van der Waals surface area contributed by atoms with Gasteiger partial charge in [-0.25, -0.2) is 0 Å². The van der Waals surface area contributed by atoms with Crippen LogP contribution in [0.3, 0.4) is 0 Å². The van der Waals surface area contributed by atoms with Gasteiger partial charge in [-0.1, -0.05) is 36.4 Å². The zero-order chi connectivity index (χ0) is 17.2.